The van der Waals surface area contributed by atoms with Crippen molar-refractivity contribution < 1.29 is 17.7 Å². The highest BCUT2D eigenvalue weighted by atomic mass is 32.2. The topological polar surface area (TPSA) is 101 Å². The number of hydrogen-bond acceptors (Lipinski definition) is 5. The molecule has 0 unspecified atom stereocenters. The standard InChI is InChI=1S/C21H23N3O4S/c1-13(2)16-5-9-18(10-6-16)22-21(25)17-7-11-19(12-8-17)24-29(26,27)20-14(3)23-28-15(20)4/h5-13,24H,1-4H3,(H,22,25). The second kappa shape index (κ2) is 8.08. The minimum Gasteiger partial charge on any atom is -0.360 e. The molecule has 0 spiro atoms. The number of rotatable bonds is 6. The van der Waals surface area contributed by atoms with E-state index in [0.717, 1.165) is 0 Å². The Kier molecular flexibility index (Phi) is 5.74. The highest BCUT2D eigenvalue weighted by Crippen LogP contribution is 2.23. The first-order valence-electron chi connectivity index (χ1n) is 9.14. The third-order valence-electron chi connectivity index (χ3n) is 4.47. The van der Waals surface area contributed by atoms with Gasteiger partial charge in [0.15, 0.2) is 10.7 Å². The molecule has 152 valence electrons. The van der Waals surface area contributed by atoms with E-state index in [1.54, 1.807) is 19.1 Å². The van der Waals surface area contributed by atoms with E-state index in [0.29, 0.717) is 22.9 Å². The molecule has 2 aromatic carbocycles. The second-order valence-corrected chi connectivity index (χ2v) is 8.69. The minimum absolute atomic E-state index is 0.0177. The average Bonchev–Trinajstić information content (AvgIpc) is 3.01. The summed E-state index contributed by atoms with van der Waals surface area (Å²) in [4.78, 5) is 12.5. The highest BCUT2D eigenvalue weighted by Gasteiger charge is 2.24. The summed E-state index contributed by atoms with van der Waals surface area (Å²) in [7, 11) is -3.83. The summed E-state index contributed by atoms with van der Waals surface area (Å²) in [5.41, 5.74) is 2.93. The van der Waals surface area contributed by atoms with Crippen LogP contribution in [0, 0.1) is 13.8 Å². The lowest BCUT2D eigenvalue weighted by atomic mass is 10.0. The fourth-order valence-electron chi connectivity index (χ4n) is 2.91. The highest BCUT2D eigenvalue weighted by molar-refractivity contribution is 7.92. The van der Waals surface area contributed by atoms with E-state index in [4.69, 9.17) is 4.52 Å². The first-order chi connectivity index (χ1) is 13.7. The van der Waals surface area contributed by atoms with Gasteiger partial charge in [0, 0.05) is 16.9 Å². The van der Waals surface area contributed by atoms with Crippen LogP contribution in [0.5, 0.6) is 0 Å². The summed E-state index contributed by atoms with van der Waals surface area (Å²) in [5.74, 6) is 0.360. The van der Waals surface area contributed by atoms with Gasteiger partial charge in [-0.2, -0.15) is 0 Å². The number of benzene rings is 2. The maximum atomic E-state index is 12.5. The summed E-state index contributed by atoms with van der Waals surface area (Å²) < 4.78 is 32.5. The molecule has 0 aliphatic carbocycles. The van der Waals surface area contributed by atoms with Crippen LogP contribution < -0.4 is 10.0 Å². The predicted octanol–water partition coefficient (Wildman–Crippen LogP) is 4.47. The smallest absolute Gasteiger partial charge is 0.267 e. The van der Waals surface area contributed by atoms with Crippen LogP contribution in [0.2, 0.25) is 0 Å². The fourth-order valence-corrected chi connectivity index (χ4v) is 4.30. The lowest BCUT2D eigenvalue weighted by molar-refractivity contribution is 0.102. The molecule has 0 aliphatic rings. The molecule has 3 rings (SSSR count). The molecule has 0 radical (unpaired) electrons. The van der Waals surface area contributed by atoms with Gasteiger partial charge in [-0.25, -0.2) is 8.42 Å². The number of nitrogens with one attached hydrogen (secondary N) is 2. The SMILES string of the molecule is Cc1noc(C)c1S(=O)(=O)Nc1ccc(C(=O)Nc2ccc(C(C)C)cc2)cc1. The van der Waals surface area contributed by atoms with Gasteiger partial charge in [-0.3, -0.25) is 9.52 Å². The third-order valence-corrected chi connectivity index (χ3v) is 6.10. The molecular formula is C21H23N3O4S. The van der Waals surface area contributed by atoms with Crippen molar-refractivity contribution in [3.63, 3.8) is 0 Å². The van der Waals surface area contributed by atoms with E-state index in [9.17, 15) is 13.2 Å². The molecule has 1 heterocycles. The number of hydrogen-bond donors (Lipinski definition) is 2. The van der Waals surface area contributed by atoms with Crippen LogP contribution >= 0.6 is 0 Å². The van der Waals surface area contributed by atoms with Crippen LogP contribution in [-0.4, -0.2) is 19.5 Å². The number of nitrogens with zero attached hydrogens (tertiary/aromatic N) is 1. The summed E-state index contributed by atoms with van der Waals surface area (Å²) in [6.45, 7) is 7.31. The molecule has 1 aromatic heterocycles. The van der Waals surface area contributed by atoms with Crippen molar-refractivity contribution in [2.75, 3.05) is 10.0 Å². The van der Waals surface area contributed by atoms with E-state index in [2.05, 4.69) is 29.0 Å². The maximum absolute atomic E-state index is 12.5. The van der Waals surface area contributed by atoms with Gasteiger partial charge in [-0.15, -0.1) is 0 Å². The van der Waals surface area contributed by atoms with E-state index >= 15 is 0 Å². The molecule has 8 heteroatoms. The Morgan fingerprint density at radius 2 is 1.55 bits per heavy atom. The predicted molar refractivity (Wildman–Crippen MR) is 112 cm³/mol. The Balaban J connectivity index is 1.70. The summed E-state index contributed by atoms with van der Waals surface area (Å²) >= 11 is 0. The van der Waals surface area contributed by atoms with E-state index in [1.807, 2.05) is 24.3 Å². The van der Waals surface area contributed by atoms with Gasteiger partial charge in [-0.05, 0) is 61.7 Å². The summed E-state index contributed by atoms with van der Waals surface area (Å²) in [5, 5.41) is 6.50. The van der Waals surface area contributed by atoms with E-state index in [1.165, 1.54) is 24.6 Å². The van der Waals surface area contributed by atoms with Gasteiger partial charge in [0.2, 0.25) is 0 Å². The number of sulfonamides is 1. The van der Waals surface area contributed by atoms with Gasteiger partial charge >= 0.3 is 0 Å². The van der Waals surface area contributed by atoms with Crippen molar-refractivity contribution in [2.45, 2.75) is 38.5 Å². The van der Waals surface area contributed by atoms with Crippen LogP contribution in [0.1, 0.15) is 47.1 Å². The molecular weight excluding hydrogens is 390 g/mol. The number of aryl methyl sites for hydroxylation is 2. The lowest BCUT2D eigenvalue weighted by Crippen LogP contribution is -2.15. The lowest BCUT2D eigenvalue weighted by Gasteiger charge is -2.10. The van der Waals surface area contributed by atoms with Crippen molar-refractivity contribution >= 4 is 27.3 Å². The monoisotopic (exact) mass is 413 g/mol. The molecule has 0 saturated carbocycles. The normalized spacial score (nSPS) is 11.5. The minimum atomic E-state index is -3.83. The zero-order chi connectivity index (χ0) is 21.2. The second-order valence-electron chi connectivity index (χ2n) is 7.07. The zero-order valence-corrected chi connectivity index (χ0v) is 17.5. The van der Waals surface area contributed by atoms with Crippen molar-refractivity contribution in [3.8, 4) is 0 Å². The quantitative estimate of drug-likeness (QED) is 0.621. The van der Waals surface area contributed by atoms with Crippen LogP contribution in [-0.2, 0) is 10.0 Å². The van der Waals surface area contributed by atoms with Crippen LogP contribution in [0.15, 0.2) is 57.9 Å². The first kappa shape index (κ1) is 20.6. The molecule has 0 fully saturated rings. The molecule has 0 aliphatic heterocycles. The van der Waals surface area contributed by atoms with E-state index in [-0.39, 0.29) is 22.3 Å². The van der Waals surface area contributed by atoms with Crippen molar-refractivity contribution in [2.24, 2.45) is 0 Å². The summed E-state index contributed by atoms with van der Waals surface area (Å²) in [6, 6.07) is 13.9. The third kappa shape index (κ3) is 4.65. The molecule has 29 heavy (non-hydrogen) atoms. The Morgan fingerprint density at radius 3 is 2.07 bits per heavy atom. The molecule has 3 aromatic rings. The van der Waals surface area contributed by atoms with Gasteiger partial charge in [0.05, 0.1) is 0 Å². The number of aromatic nitrogens is 1. The van der Waals surface area contributed by atoms with Gasteiger partial charge < -0.3 is 9.84 Å². The van der Waals surface area contributed by atoms with Crippen LogP contribution in [0.4, 0.5) is 11.4 Å². The van der Waals surface area contributed by atoms with Gasteiger partial charge in [-0.1, -0.05) is 31.1 Å². The number of anilines is 2. The Bertz CT molecular complexity index is 1100. The molecule has 7 nitrogen and oxygen atoms in total. The maximum Gasteiger partial charge on any atom is 0.267 e. The number of carbonyl (C=O) groups is 1. The van der Waals surface area contributed by atoms with Crippen LogP contribution in [0.3, 0.4) is 0 Å². The van der Waals surface area contributed by atoms with Gasteiger partial charge in [0.25, 0.3) is 15.9 Å². The largest absolute Gasteiger partial charge is 0.360 e. The van der Waals surface area contributed by atoms with Crippen molar-refractivity contribution in [1.82, 2.24) is 5.16 Å². The van der Waals surface area contributed by atoms with Gasteiger partial charge in [0.1, 0.15) is 5.69 Å². The molecule has 2 N–H and O–H groups in total. The molecule has 0 atom stereocenters. The number of amides is 1. The summed E-state index contributed by atoms with van der Waals surface area (Å²) in [6.07, 6.45) is 0. The zero-order valence-electron chi connectivity index (χ0n) is 16.7. The average molecular weight is 413 g/mol. The fraction of sp³-hybridized carbons (Fsp3) is 0.238. The Labute approximate surface area is 170 Å². The Morgan fingerprint density at radius 1 is 0.966 bits per heavy atom. The number of carbonyl (C=O) groups excluding carboxylic acids is 1. The Hall–Kier alpha value is -3.13. The van der Waals surface area contributed by atoms with Crippen molar-refractivity contribution in [3.05, 3.63) is 71.1 Å². The molecule has 1 amide bonds. The van der Waals surface area contributed by atoms with Crippen LogP contribution in [0.25, 0.3) is 0 Å². The van der Waals surface area contributed by atoms with E-state index < -0.39 is 10.0 Å². The van der Waals surface area contributed by atoms with Crippen molar-refractivity contribution in [1.29, 1.82) is 0 Å². The first-order valence-corrected chi connectivity index (χ1v) is 10.6. The molecule has 0 saturated heterocycles. The molecule has 0 bridgehead atoms.